The van der Waals surface area contributed by atoms with Crippen LogP contribution < -0.4 is 0 Å². The number of aryl methyl sites for hydroxylation is 2. The standard InChI is InChI=1S/4C15H16.C9H12/c3*1-2-15(13-9-5-3-6-10-13)14-11-7-4-8-12-14;1-2-8-13-11-6-7-12-15(13)14-9-4-3-5-10-14;1-2-6-9-7-4-3-5-8-9/h3*3-12,15H,2H2,1H3;3-7,9-12H,2,8H2,1H3;3-5,7-8H,2,6H2,1H3. The van der Waals surface area contributed by atoms with Crippen molar-refractivity contribution in [1.29, 1.82) is 0 Å². The van der Waals surface area contributed by atoms with Crippen molar-refractivity contribution in [3.05, 3.63) is 311 Å². The van der Waals surface area contributed by atoms with Crippen molar-refractivity contribution < 1.29 is 0 Å². The van der Waals surface area contributed by atoms with Gasteiger partial charge in [0.1, 0.15) is 0 Å². The Morgan fingerprint density at radius 3 is 0.768 bits per heavy atom. The van der Waals surface area contributed by atoms with E-state index in [4.69, 9.17) is 0 Å². The van der Waals surface area contributed by atoms with Gasteiger partial charge in [-0.2, -0.15) is 0 Å². The third kappa shape index (κ3) is 18.2. The molecule has 0 nitrogen and oxygen atoms in total. The lowest BCUT2D eigenvalue weighted by atomic mass is 9.89. The van der Waals surface area contributed by atoms with Crippen molar-refractivity contribution in [2.45, 2.75) is 97.3 Å². The van der Waals surface area contributed by atoms with Crippen LogP contribution in [0.25, 0.3) is 11.1 Å². The molecule has 0 unspecified atom stereocenters. The maximum Gasteiger partial charge on any atom is 0.00867 e. The van der Waals surface area contributed by atoms with Crippen LogP contribution >= 0.6 is 0 Å². The highest BCUT2D eigenvalue weighted by Gasteiger charge is 2.12. The molecule has 0 atom stereocenters. The Labute approximate surface area is 417 Å². The van der Waals surface area contributed by atoms with Crippen LogP contribution in [-0.2, 0) is 12.8 Å². The van der Waals surface area contributed by atoms with E-state index in [1.807, 2.05) is 0 Å². The normalized spacial score (nSPS) is 10.3. The largest absolute Gasteiger partial charge is 0.0651 e. The van der Waals surface area contributed by atoms with E-state index >= 15 is 0 Å². The Balaban J connectivity index is 0.000000162. The van der Waals surface area contributed by atoms with E-state index < -0.39 is 0 Å². The third-order valence-electron chi connectivity index (χ3n) is 12.4. The Hall–Kier alpha value is -7.02. The number of benzene rings is 9. The molecular formula is C69H76. The summed E-state index contributed by atoms with van der Waals surface area (Å²) in [7, 11) is 0. The second-order valence-electron chi connectivity index (χ2n) is 17.4. The van der Waals surface area contributed by atoms with Gasteiger partial charge in [-0.15, -0.1) is 0 Å². The average Bonchev–Trinajstić information content (AvgIpc) is 3.43. The molecule has 0 aliphatic carbocycles. The van der Waals surface area contributed by atoms with Crippen molar-refractivity contribution in [1.82, 2.24) is 0 Å². The fourth-order valence-corrected chi connectivity index (χ4v) is 8.94. The van der Waals surface area contributed by atoms with Crippen LogP contribution in [0.4, 0.5) is 0 Å². The zero-order chi connectivity index (χ0) is 48.6. The predicted molar refractivity (Wildman–Crippen MR) is 301 cm³/mol. The molecule has 352 valence electrons. The zero-order valence-corrected chi connectivity index (χ0v) is 42.1. The zero-order valence-electron chi connectivity index (χ0n) is 42.1. The highest BCUT2D eigenvalue weighted by molar-refractivity contribution is 5.67. The highest BCUT2D eigenvalue weighted by Crippen LogP contribution is 2.29. The summed E-state index contributed by atoms with van der Waals surface area (Å²) in [6.07, 6.45) is 8.25. The summed E-state index contributed by atoms with van der Waals surface area (Å²) in [6, 6.07) is 94.1. The molecule has 0 bridgehead atoms. The molecule has 69 heavy (non-hydrogen) atoms. The fourth-order valence-electron chi connectivity index (χ4n) is 8.94. The number of hydrogen-bond donors (Lipinski definition) is 0. The lowest BCUT2D eigenvalue weighted by Gasteiger charge is -2.15. The first-order chi connectivity index (χ1) is 34.1. The molecule has 9 rings (SSSR count). The minimum Gasteiger partial charge on any atom is -0.0651 e. The summed E-state index contributed by atoms with van der Waals surface area (Å²) in [5.41, 5.74) is 14.0. The van der Waals surface area contributed by atoms with Crippen LogP contribution in [0.1, 0.15) is 129 Å². The van der Waals surface area contributed by atoms with E-state index in [1.165, 1.54) is 74.9 Å². The molecule has 0 radical (unpaired) electrons. The smallest absolute Gasteiger partial charge is 0.00867 e. The van der Waals surface area contributed by atoms with Gasteiger partial charge in [-0.25, -0.2) is 0 Å². The summed E-state index contributed by atoms with van der Waals surface area (Å²) in [5, 5.41) is 0. The van der Waals surface area contributed by atoms with E-state index in [1.54, 1.807) is 0 Å². The molecule has 0 aliphatic rings. The Morgan fingerprint density at radius 1 is 0.246 bits per heavy atom. The van der Waals surface area contributed by atoms with Gasteiger partial charge in [0.2, 0.25) is 0 Å². The third-order valence-corrected chi connectivity index (χ3v) is 12.4. The molecule has 9 aromatic rings. The van der Waals surface area contributed by atoms with Crippen LogP contribution in [0.3, 0.4) is 0 Å². The maximum atomic E-state index is 2.24. The fraction of sp³-hybridized carbons (Fsp3) is 0.217. The number of hydrogen-bond acceptors (Lipinski definition) is 0. The van der Waals surface area contributed by atoms with E-state index in [0.717, 1.165) is 25.7 Å². The second kappa shape index (κ2) is 31.9. The minimum absolute atomic E-state index is 0.535. The van der Waals surface area contributed by atoms with Gasteiger partial charge in [-0.3, -0.25) is 0 Å². The van der Waals surface area contributed by atoms with Gasteiger partial charge in [-0.05, 0) is 87.7 Å². The summed E-state index contributed by atoms with van der Waals surface area (Å²) in [4.78, 5) is 0. The van der Waals surface area contributed by atoms with E-state index in [2.05, 4.69) is 302 Å². The summed E-state index contributed by atoms with van der Waals surface area (Å²) >= 11 is 0. The van der Waals surface area contributed by atoms with E-state index in [0.29, 0.717) is 17.8 Å². The monoisotopic (exact) mass is 905 g/mol. The van der Waals surface area contributed by atoms with Crippen LogP contribution in [-0.4, -0.2) is 0 Å². The van der Waals surface area contributed by atoms with Crippen molar-refractivity contribution in [2.75, 3.05) is 0 Å². The van der Waals surface area contributed by atoms with Crippen molar-refractivity contribution >= 4 is 0 Å². The quantitative estimate of drug-likeness (QED) is 0.102. The first kappa shape index (κ1) is 52.9. The molecule has 0 aliphatic heterocycles. The minimum atomic E-state index is 0.535. The Bertz CT molecular complexity index is 2280. The molecule has 0 amide bonds. The second-order valence-corrected chi connectivity index (χ2v) is 17.4. The Kier molecular flexibility index (Phi) is 24.4. The molecule has 0 saturated carbocycles. The Morgan fingerprint density at radius 2 is 0.493 bits per heavy atom. The van der Waals surface area contributed by atoms with Gasteiger partial charge >= 0.3 is 0 Å². The molecule has 0 aromatic heterocycles. The molecule has 0 fully saturated rings. The van der Waals surface area contributed by atoms with Gasteiger partial charge in [0.25, 0.3) is 0 Å². The van der Waals surface area contributed by atoms with Crippen LogP contribution in [0, 0.1) is 0 Å². The predicted octanol–water partition coefficient (Wildman–Crippen LogP) is 19.6. The number of rotatable bonds is 14. The topological polar surface area (TPSA) is 0 Å². The van der Waals surface area contributed by atoms with Gasteiger partial charge in [0.05, 0.1) is 0 Å². The molecule has 0 heterocycles. The molecule has 0 saturated heterocycles. The summed E-state index contributed by atoms with van der Waals surface area (Å²) < 4.78 is 0. The van der Waals surface area contributed by atoms with Crippen LogP contribution in [0.15, 0.2) is 267 Å². The summed E-state index contributed by atoms with van der Waals surface area (Å²) in [6.45, 7) is 11.1. The van der Waals surface area contributed by atoms with Crippen LogP contribution in [0.5, 0.6) is 0 Å². The van der Waals surface area contributed by atoms with Gasteiger partial charge in [0, 0.05) is 17.8 Å². The van der Waals surface area contributed by atoms with E-state index in [-0.39, 0.29) is 0 Å². The first-order valence-electron chi connectivity index (χ1n) is 25.6. The molecule has 0 heteroatoms. The van der Waals surface area contributed by atoms with Crippen molar-refractivity contribution in [2.24, 2.45) is 0 Å². The van der Waals surface area contributed by atoms with Crippen molar-refractivity contribution in [3.63, 3.8) is 0 Å². The van der Waals surface area contributed by atoms with E-state index in [9.17, 15) is 0 Å². The van der Waals surface area contributed by atoms with Crippen molar-refractivity contribution in [3.8, 4) is 11.1 Å². The summed E-state index contributed by atoms with van der Waals surface area (Å²) in [5.74, 6) is 1.60. The van der Waals surface area contributed by atoms with Gasteiger partial charge in [-0.1, -0.05) is 314 Å². The van der Waals surface area contributed by atoms with Gasteiger partial charge < -0.3 is 0 Å². The van der Waals surface area contributed by atoms with Gasteiger partial charge in [0.15, 0.2) is 0 Å². The molecule has 0 N–H and O–H groups in total. The maximum absolute atomic E-state index is 2.24. The first-order valence-corrected chi connectivity index (χ1v) is 25.6. The molecule has 9 aromatic carbocycles. The highest BCUT2D eigenvalue weighted by atomic mass is 14.2. The SMILES string of the molecule is CCC(c1ccccc1)c1ccccc1.CCC(c1ccccc1)c1ccccc1.CCC(c1ccccc1)c1ccccc1.CCCc1ccccc1.CCCc1ccccc1-c1ccccc1. The average molecular weight is 905 g/mol. The molecule has 0 spiro atoms. The lowest BCUT2D eigenvalue weighted by Crippen LogP contribution is -1.98. The molecular weight excluding hydrogens is 829 g/mol. The van der Waals surface area contributed by atoms with Crippen LogP contribution in [0.2, 0.25) is 0 Å². The lowest BCUT2D eigenvalue weighted by molar-refractivity contribution is 0.777.